The molecule has 618 valence electrons. The van der Waals surface area contributed by atoms with E-state index in [0.717, 1.165) is 114 Å². The second kappa shape index (κ2) is 73.8. The molecule has 0 fully saturated rings. The van der Waals surface area contributed by atoms with E-state index >= 15 is 0 Å². The highest BCUT2D eigenvalue weighted by Crippen LogP contribution is 2.45. The Labute approximate surface area is 638 Å². The smallest absolute Gasteiger partial charge is 0.462 e. The molecule has 3 N–H and O–H groups in total. The van der Waals surface area contributed by atoms with Crippen molar-refractivity contribution < 1.29 is 80.2 Å². The fraction of sp³-hybridized carbons (Fsp3) is 0.953. The first-order valence-electron chi connectivity index (χ1n) is 43.7. The SMILES string of the molecule is CCC(C)CCCCCCCCCCCCCCCCCCCCC(=O)OC[C@H](COP(=O)(O)OCC(O)COP(=O)(O)OC[C@@H](COC(=O)CCCCCCCCCCC(C)C)OC(=O)CCCCCCCCCCCCC(C)C)OC(=O)CCCCCCCCCCCCCCCCCC(C)C. The second-order valence-corrected chi connectivity index (χ2v) is 35.2. The van der Waals surface area contributed by atoms with Crippen LogP contribution in [0, 0.1) is 23.7 Å². The van der Waals surface area contributed by atoms with Gasteiger partial charge in [0, 0.05) is 25.7 Å². The quantitative estimate of drug-likeness (QED) is 0.0222. The van der Waals surface area contributed by atoms with E-state index in [0.29, 0.717) is 25.7 Å². The summed E-state index contributed by atoms with van der Waals surface area (Å²) in [6.45, 7) is 14.3. The van der Waals surface area contributed by atoms with Gasteiger partial charge in [0.05, 0.1) is 26.4 Å². The minimum absolute atomic E-state index is 0.105. The van der Waals surface area contributed by atoms with E-state index < -0.39 is 97.5 Å². The number of phosphoric acid groups is 2. The summed E-state index contributed by atoms with van der Waals surface area (Å²) in [6, 6.07) is 0. The zero-order chi connectivity index (χ0) is 76.7. The van der Waals surface area contributed by atoms with E-state index in [1.165, 1.54) is 244 Å². The van der Waals surface area contributed by atoms with Gasteiger partial charge in [0.2, 0.25) is 0 Å². The highest BCUT2D eigenvalue weighted by atomic mass is 31.2. The molecule has 0 saturated heterocycles. The van der Waals surface area contributed by atoms with Gasteiger partial charge < -0.3 is 33.8 Å². The zero-order valence-corrected chi connectivity index (χ0v) is 70.5. The first-order chi connectivity index (χ1) is 50.1. The number of aliphatic hydroxyl groups excluding tert-OH is 1. The summed E-state index contributed by atoms with van der Waals surface area (Å²) in [6.07, 6.45) is 62.5. The molecule has 0 saturated carbocycles. The predicted octanol–water partition coefficient (Wildman–Crippen LogP) is 25.6. The summed E-state index contributed by atoms with van der Waals surface area (Å²) >= 11 is 0. The van der Waals surface area contributed by atoms with E-state index in [-0.39, 0.29) is 25.7 Å². The van der Waals surface area contributed by atoms with E-state index in [2.05, 4.69) is 55.4 Å². The minimum atomic E-state index is -4.97. The number of carbonyl (C=O) groups is 4. The van der Waals surface area contributed by atoms with Crippen molar-refractivity contribution in [3.05, 3.63) is 0 Å². The van der Waals surface area contributed by atoms with E-state index in [4.69, 9.17) is 37.0 Å². The summed E-state index contributed by atoms with van der Waals surface area (Å²) in [5.74, 6) is 1.04. The van der Waals surface area contributed by atoms with Gasteiger partial charge in [-0.25, -0.2) is 9.13 Å². The minimum Gasteiger partial charge on any atom is -0.462 e. The van der Waals surface area contributed by atoms with Crippen molar-refractivity contribution in [1.82, 2.24) is 0 Å². The maximum absolute atomic E-state index is 13.1. The van der Waals surface area contributed by atoms with Crippen LogP contribution in [0.25, 0.3) is 0 Å². The van der Waals surface area contributed by atoms with Crippen LogP contribution < -0.4 is 0 Å². The van der Waals surface area contributed by atoms with Crippen molar-refractivity contribution in [3.63, 3.8) is 0 Å². The third kappa shape index (κ3) is 76.8. The molecule has 0 aliphatic carbocycles. The van der Waals surface area contributed by atoms with Gasteiger partial charge in [-0.3, -0.25) is 37.3 Å². The average Bonchev–Trinajstić information content (AvgIpc) is 0.916. The van der Waals surface area contributed by atoms with Crippen LogP contribution >= 0.6 is 15.6 Å². The maximum Gasteiger partial charge on any atom is 0.472 e. The number of aliphatic hydroxyl groups is 1. The largest absolute Gasteiger partial charge is 0.472 e. The second-order valence-electron chi connectivity index (χ2n) is 32.2. The van der Waals surface area contributed by atoms with Crippen LogP contribution in [0.5, 0.6) is 0 Å². The van der Waals surface area contributed by atoms with Crippen molar-refractivity contribution in [2.75, 3.05) is 39.6 Å². The van der Waals surface area contributed by atoms with E-state index in [9.17, 15) is 43.2 Å². The molecule has 19 heteroatoms. The number of phosphoric ester groups is 2. The Morgan fingerprint density at radius 2 is 0.462 bits per heavy atom. The van der Waals surface area contributed by atoms with E-state index in [1.54, 1.807) is 0 Å². The Hall–Kier alpha value is -1.94. The van der Waals surface area contributed by atoms with Gasteiger partial charge in [-0.15, -0.1) is 0 Å². The standard InChI is InChI=1S/C85H166O17P2/c1-9-78(8)64-56-48-40-31-24-20-16-12-10-11-13-17-21-25-32-41-49-57-65-82(87)95-71-80(101-84(89)67-59-51-43-33-26-22-18-14-15-19-23-29-37-45-53-61-75(2)3)73-99-103(91,92)97-69-79(86)70-98-104(93,94)100-74-81(72-96-83(88)66-58-50-42-36-35-39-47-55-63-77(6)7)102-85(90)68-60-52-44-34-28-27-30-38-46-54-62-76(4)5/h75-81,86H,9-74H2,1-8H3,(H,91,92)(H,93,94)/t78?,79?,80-,81-/m1/s1. The molecule has 0 aromatic rings. The van der Waals surface area contributed by atoms with Gasteiger partial charge in [0.25, 0.3) is 0 Å². The van der Waals surface area contributed by atoms with Crippen molar-refractivity contribution >= 4 is 39.5 Å². The molecule has 0 spiro atoms. The molecule has 0 aromatic heterocycles. The van der Waals surface area contributed by atoms with Crippen LogP contribution in [-0.4, -0.2) is 96.7 Å². The Kier molecular flexibility index (Phi) is 72.5. The van der Waals surface area contributed by atoms with Crippen LogP contribution in [0.2, 0.25) is 0 Å². The Morgan fingerprint density at radius 1 is 0.269 bits per heavy atom. The molecular weight excluding hydrogens is 1350 g/mol. The number of esters is 4. The highest BCUT2D eigenvalue weighted by Gasteiger charge is 2.30. The van der Waals surface area contributed by atoms with Crippen LogP contribution in [0.4, 0.5) is 0 Å². The first-order valence-corrected chi connectivity index (χ1v) is 46.7. The lowest BCUT2D eigenvalue weighted by atomic mass is 9.99. The summed E-state index contributed by atoms with van der Waals surface area (Å²) in [7, 11) is -9.93. The van der Waals surface area contributed by atoms with Crippen molar-refractivity contribution in [1.29, 1.82) is 0 Å². The lowest BCUT2D eigenvalue weighted by molar-refractivity contribution is -0.161. The molecule has 6 atom stereocenters. The van der Waals surface area contributed by atoms with Crippen LogP contribution in [-0.2, 0) is 65.4 Å². The van der Waals surface area contributed by atoms with Gasteiger partial charge in [-0.05, 0) is 49.4 Å². The van der Waals surface area contributed by atoms with Crippen LogP contribution in [0.15, 0.2) is 0 Å². The third-order valence-electron chi connectivity index (χ3n) is 20.2. The normalized spacial score (nSPS) is 14.2. The molecule has 0 heterocycles. The van der Waals surface area contributed by atoms with Crippen molar-refractivity contribution in [3.8, 4) is 0 Å². The zero-order valence-electron chi connectivity index (χ0n) is 68.7. The number of unbranched alkanes of at least 4 members (excludes halogenated alkanes) is 47. The molecule has 104 heavy (non-hydrogen) atoms. The number of carbonyl (C=O) groups excluding carboxylic acids is 4. The van der Waals surface area contributed by atoms with E-state index in [1.807, 2.05) is 0 Å². The molecule has 0 radical (unpaired) electrons. The number of ether oxygens (including phenoxy) is 4. The number of hydrogen-bond donors (Lipinski definition) is 3. The van der Waals surface area contributed by atoms with Crippen molar-refractivity contribution in [2.24, 2.45) is 23.7 Å². The lowest BCUT2D eigenvalue weighted by Gasteiger charge is -2.21. The Bertz CT molecular complexity index is 2030. The molecule has 0 aromatic carbocycles. The fourth-order valence-corrected chi connectivity index (χ4v) is 14.7. The summed E-state index contributed by atoms with van der Waals surface area (Å²) in [5, 5.41) is 10.7. The third-order valence-corrected chi connectivity index (χ3v) is 22.1. The monoisotopic (exact) mass is 1520 g/mol. The lowest BCUT2D eigenvalue weighted by Crippen LogP contribution is -2.30. The summed E-state index contributed by atoms with van der Waals surface area (Å²) in [4.78, 5) is 73.2. The Balaban J connectivity index is 5.22. The average molecular weight is 1520 g/mol. The topological polar surface area (TPSA) is 237 Å². The van der Waals surface area contributed by atoms with Gasteiger partial charge in [-0.2, -0.15) is 0 Å². The molecule has 0 rings (SSSR count). The predicted molar refractivity (Wildman–Crippen MR) is 428 cm³/mol. The molecular formula is C85H166O17P2. The first kappa shape index (κ1) is 102. The van der Waals surface area contributed by atoms with Crippen LogP contribution in [0.1, 0.15) is 441 Å². The molecule has 4 unspecified atom stereocenters. The molecule has 17 nitrogen and oxygen atoms in total. The Morgan fingerprint density at radius 3 is 0.683 bits per heavy atom. The molecule has 0 aliphatic heterocycles. The highest BCUT2D eigenvalue weighted by molar-refractivity contribution is 7.47. The molecule has 0 aliphatic rings. The van der Waals surface area contributed by atoms with Gasteiger partial charge in [0.15, 0.2) is 12.2 Å². The fourth-order valence-electron chi connectivity index (χ4n) is 13.1. The summed E-state index contributed by atoms with van der Waals surface area (Å²) < 4.78 is 68.8. The van der Waals surface area contributed by atoms with Crippen molar-refractivity contribution in [2.45, 2.75) is 459 Å². The summed E-state index contributed by atoms with van der Waals surface area (Å²) in [5.41, 5.74) is 0. The van der Waals surface area contributed by atoms with Crippen LogP contribution in [0.3, 0.4) is 0 Å². The number of rotatable bonds is 82. The molecule has 0 bridgehead atoms. The maximum atomic E-state index is 13.1. The van der Waals surface area contributed by atoms with Gasteiger partial charge in [0.1, 0.15) is 19.3 Å². The van der Waals surface area contributed by atoms with Gasteiger partial charge >= 0.3 is 39.5 Å². The number of hydrogen-bond acceptors (Lipinski definition) is 15. The van der Waals surface area contributed by atoms with Gasteiger partial charge in [-0.1, -0.05) is 389 Å². The molecule has 0 amide bonds.